The van der Waals surface area contributed by atoms with E-state index in [1.165, 1.54) is 25.1 Å². The fourth-order valence-corrected chi connectivity index (χ4v) is 2.43. The Balaban J connectivity index is 2.14. The Morgan fingerprint density at radius 3 is 3.00 bits per heavy atom. The number of H-pyrrole nitrogens is 1. The van der Waals surface area contributed by atoms with Gasteiger partial charge < -0.3 is 15.0 Å². The van der Waals surface area contributed by atoms with Crippen molar-refractivity contribution in [3.63, 3.8) is 0 Å². The highest BCUT2D eigenvalue weighted by atomic mass is 16.3. The van der Waals surface area contributed by atoms with Crippen LogP contribution in [0.15, 0.2) is 6.07 Å². The number of piperidine rings is 1. The maximum Gasteiger partial charge on any atom is 0.0699 e. The zero-order chi connectivity index (χ0) is 10.8. The van der Waals surface area contributed by atoms with E-state index >= 15 is 0 Å². The summed E-state index contributed by atoms with van der Waals surface area (Å²) < 4.78 is 0. The van der Waals surface area contributed by atoms with Crippen molar-refractivity contribution in [3.8, 4) is 0 Å². The molecule has 0 bridgehead atoms. The molecule has 1 aromatic heterocycles. The second kappa shape index (κ2) is 4.37. The Morgan fingerprint density at radius 1 is 1.60 bits per heavy atom. The van der Waals surface area contributed by atoms with Gasteiger partial charge in [-0.05, 0) is 45.0 Å². The van der Waals surface area contributed by atoms with E-state index in [1.54, 1.807) is 0 Å². The van der Waals surface area contributed by atoms with Crippen LogP contribution in [0.2, 0.25) is 0 Å². The number of aliphatic hydroxyl groups excluding tert-OH is 1. The highest BCUT2D eigenvalue weighted by Gasteiger charge is 2.20. The normalized spacial score (nSPS) is 23.3. The van der Waals surface area contributed by atoms with Gasteiger partial charge in [-0.25, -0.2) is 0 Å². The second-order valence-corrected chi connectivity index (χ2v) is 4.63. The molecule has 1 aliphatic rings. The monoisotopic (exact) mass is 208 g/mol. The minimum atomic E-state index is 0.144. The van der Waals surface area contributed by atoms with Gasteiger partial charge in [-0.2, -0.15) is 0 Å². The lowest BCUT2D eigenvalue weighted by atomic mass is 9.95. The van der Waals surface area contributed by atoms with Crippen LogP contribution < -0.4 is 0 Å². The van der Waals surface area contributed by atoms with Gasteiger partial charge >= 0.3 is 0 Å². The third-order valence-corrected chi connectivity index (χ3v) is 3.38. The molecule has 1 atom stereocenters. The van der Waals surface area contributed by atoms with Gasteiger partial charge in [-0.15, -0.1) is 0 Å². The molecule has 2 N–H and O–H groups in total. The minimum absolute atomic E-state index is 0.144. The molecule has 0 saturated carbocycles. The molecular weight excluding hydrogens is 188 g/mol. The van der Waals surface area contributed by atoms with Crippen LogP contribution in [0.1, 0.15) is 35.7 Å². The van der Waals surface area contributed by atoms with Crippen molar-refractivity contribution < 1.29 is 5.11 Å². The number of hydrogen-bond donors (Lipinski definition) is 2. The Bertz CT molecular complexity index is 332. The number of aromatic amines is 1. The zero-order valence-electron chi connectivity index (χ0n) is 9.58. The molecular formula is C12H20N2O. The third kappa shape index (κ3) is 2.24. The van der Waals surface area contributed by atoms with Gasteiger partial charge in [0.05, 0.1) is 6.61 Å². The first-order valence-corrected chi connectivity index (χ1v) is 5.68. The Kier molecular flexibility index (Phi) is 3.12. The number of likely N-dealkylation sites (N-methyl/N-ethyl adjacent to an activating group) is 1. The number of aliphatic hydroxyl groups is 1. The fraction of sp³-hybridized carbons (Fsp3) is 0.667. The summed E-state index contributed by atoms with van der Waals surface area (Å²) in [6.45, 7) is 4.51. The topological polar surface area (TPSA) is 39.3 Å². The van der Waals surface area contributed by atoms with E-state index in [2.05, 4.69) is 23.0 Å². The fourth-order valence-electron chi connectivity index (χ4n) is 2.43. The van der Waals surface area contributed by atoms with Crippen LogP contribution in [0.3, 0.4) is 0 Å². The predicted molar refractivity (Wildman–Crippen MR) is 60.9 cm³/mol. The first-order chi connectivity index (χ1) is 7.20. The molecule has 1 unspecified atom stereocenters. The Labute approximate surface area is 91.1 Å². The second-order valence-electron chi connectivity index (χ2n) is 4.63. The zero-order valence-corrected chi connectivity index (χ0v) is 9.58. The highest BCUT2D eigenvalue weighted by Crippen LogP contribution is 2.27. The molecule has 2 rings (SSSR count). The van der Waals surface area contributed by atoms with Gasteiger partial charge in [0, 0.05) is 23.9 Å². The molecule has 0 spiro atoms. The van der Waals surface area contributed by atoms with Crippen LogP contribution in [-0.4, -0.2) is 35.1 Å². The van der Waals surface area contributed by atoms with E-state index in [1.807, 2.05) is 6.92 Å². The van der Waals surface area contributed by atoms with Gasteiger partial charge in [0.15, 0.2) is 0 Å². The summed E-state index contributed by atoms with van der Waals surface area (Å²) in [5, 5.41) is 9.15. The summed E-state index contributed by atoms with van der Waals surface area (Å²) in [4.78, 5) is 5.78. The molecule has 1 fully saturated rings. The van der Waals surface area contributed by atoms with Crippen LogP contribution in [-0.2, 0) is 6.61 Å². The smallest absolute Gasteiger partial charge is 0.0699 e. The molecule has 1 aromatic rings. The van der Waals surface area contributed by atoms with Crippen molar-refractivity contribution in [1.29, 1.82) is 0 Å². The van der Waals surface area contributed by atoms with E-state index < -0.39 is 0 Å². The van der Waals surface area contributed by atoms with E-state index in [4.69, 9.17) is 5.11 Å². The molecule has 0 radical (unpaired) electrons. The van der Waals surface area contributed by atoms with Gasteiger partial charge in [0.2, 0.25) is 0 Å². The number of hydrogen-bond acceptors (Lipinski definition) is 2. The number of nitrogens with zero attached hydrogens (tertiary/aromatic N) is 1. The van der Waals surface area contributed by atoms with Crippen molar-refractivity contribution in [2.75, 3.05) is 20.1 Å². The molecule has 1 saturated heterocycles. The van der Waals surface area contributed by atoms with E-state index in [-0.39, 0.29) is 6.61 Å². The average Bonchev–Trinajstić information content (AvgIpc) is 2.60. The number of rotatable bonds is 2. The van der Waals surface area contributed by atoms with E-state index in [9.17, 15) is 0 Å². The van der Waals surface area contributed by atoms with Crippen molar-refractivity contribution in [3.05, 3.63) is 23.0 Å². The molecule has 0 amide bonds. The summed E-state index contributed by atoms with van der Waals surface area (Å²) >= 11 is 0. The summed E-state index contributed by atoms with van der Waals surface area (Å²) in [5.41, 5.74) is 3.45. The first-order valence-electron chi connectivity index (χ1n) is 5.68. The minimum Gasteiger partial charge on any atom is -0.392 e. The van der Waals surface area contributed by atoms with Gasteiger partial charge in [-0.3, -0.25) is 0 Å². The van der Waals surface area contributed by atoms with E-state index in [0.29, 0.717) is 5.92 Å². The van der Waals surface area contributed by atoms with Crippen LogP contribution in [0.4, 0.5) is 0 Å². The third-order valence-electron chi connectivity index (χ3n) is 3.38. The quantitative estimate of drug-likeness (QED) is 0.775. The van der Waals surface area contributed by atoms with Gasteiger partial charge in [0.1, 0.15) is 0 Å². The Hall–Kier alpha value is -0.800. The van der Waals surface area contributed by atoms with Crippen molar-refractivity contribution in [2.45, 2.75) is 32.3 Å². The van der Waals surface area contributed by atoms with Gasteiger partial charge in [-0.1, -0.05) is 0 Å². The number of nitrogens with one attached hydrogen (secondary N) is 1. The van der Waals surface area contributed by atoms with Crippen molar-refractivity contribution in [2.24, 2.45) is 0 Å². The lowest BCUT2D eigenvalue weighted by Gasteiger charge is -2.29. The SMILES string of the molecule is Cc1[nH]c(C2CCCN(C)C2)cc1CO. The predicted octanol–water partition coefficient (Wildman–Crippen LogP) is 1.62. The first kappa shape index (κ1) is 10.7. The van der Waals surface area contributed by atoms with Gasteiger partial charge in [0.25, 0.3) is 0 Å². The van der Waals surface area contributed by atoms with Crippen LogP contribution in [0.25, 0.3) is 0 Å². The van der Waals surface area contributed by atoms with Crippen molar-refractivity contribution in [1.82, 2.24) is 9.88 Å². The molecule has 84 valence electrons. The lowest BCUT2D eigenvalue weighted by molar-refractivity contribution is 0.248. The van der Waals surface area contributed by atoms with Crippen LogP contribution in [0, 0.1) is 6.92 Å². The van der Waals surface area contributed by atoms with Crippen LogP contribution >= 0.6 is 0 Å². The maximum atomic E-state index is 9.15. The molecule has 3 heteroatoms. The highest BCUT2D eigenvalue weighted by molar-refractivity contribution is 5.27. The largest absolute Gasteiger partial charge is 0.392 e. The molecule has 0 aliphatic carbocycles. The average molecular weight is 208 g/mol. The number of aryl methyl sites for hydroxylation is 1. The molecule has 2 heterocycles. The molecule has 1 aliphatic heterocycles. The lowest BCUT2D eigenvalue weighted by Crippen LogP contribution is -2.30. The summed E-state index contributed by atoms with van der Waals surface area (Å²) in [6, 6.07) is 2.12. The molecule has 15 heavy (non-hydrogen) atoms. The molecule has 0 aromatic carbocycles. The number of likely N-dealkylation sites (tertiary alicyclic amines) is 1. The van der Waals surface area contributed by atoms with Crippen LogP contribution in [0.5, 0.6) is 0 Å². The van der Waals surface area contributed by atoms with Crippen molar-refractivity contribution >= 4 is 0 Å². The number of aromatic nitrogens is 1. The van der Waals surface area contributed by atoms with E-state index in [0.717, 1.165) is 17.8 Å². The Morgan fingerprint density at radius 2 is 2.40 bits per heavy atom. The molecule has 3 nitrogen and oxygen atoms in total. The standard InChI is InChI=1S/C12H20N2O/c1-9-11(8-15)6-12(13-9)10-4-3-5-14(2)7-10/h6,10,13,15H,3-5,7-8H2,1-2H3. The summed E-state index contributed by atoms with van der Waals surface area (Å²) in [5.74, 6) is 0.614. The summed E-state index contributed by atoms with van der Waals surface area (Å²) in [7, 11) is 2.18. The maximum absolute atomic E-state index is 9.15. The summed E-state index contributed by atoms with van der Waals surface area (Å²) in [6.07, 6.45) is 2.53.